The number of carbonyl (C=O) groups excluding carboxylic acids is 2. The summed E-state index contributed by atoms with van der Waals surface area (Å²) in [6.07, 6.45) is -0.476. The topological polar surface area (TPSA) is 46.2 Å². The molecule has 0 fully saturated rings. The van der Waals surface area contributed by atoms with Gasteiger partial charge in [0.25, 0.3) is 0 Å². The summed E-state index contributed by atoms with van der Waals surface area (Å²) in [5.41, 5.74) is -1.08. The minimum absolute atomic E-state index is 0.434. The first-order valence-corrected chi connectivity index (χ1v) is 4.76. The fourth-order valence-electron chi connectivity index (χ4n) is 1.20. The van der Waals surface area contributed by atoms with Crippen LogP contribution in [0.4, 0.5) is 18.9 Å². The molecule has 0 aliphatic rings. The molecule has 0 saturated heterocycles. The standard InChI is InChI=1S/C11H10F3NO2/c1-5(16)3-9(17)15-8-4-7(12)6(2)10(13)11(8)14/h4H,3H2,1-2H3,(H,15,17). The number of ketones is 1. The molecule has 0 aliphatic heterocycles. The number of rotatable bonds is 3. The van der Waals surface area contributed by atoms with Gasteiger partial charge in [0.05, 0.1) is 12.1 Å². The van der Waals surface area contributed by atoms with E-state index in [1.54, 1.807) is 0 Å². The van der Waals surface area contributed by atoms with E-state index in [0.29, 0.717) is 6.07 Å². The van der Waals surface area contributed by atoms with Crippen molar-refractivity contribution in [2.24, 2.45) is 0 Å². The van der Waals surface area contributed by atoms with Crippen molar-refractivity contribution < 1.29 is 22.8 Å². The first-order valence-electron chi connectivity index (χ1n) is 4.76. The van der Waals surface area contributed by atoms with Crippen molar-refractivity contribution >= 4 is 17.4 Å². The average Bonchev–Trinajstić information content (AvgIpc) is 2.21. The number of benzene rings is 1. The van der Waals surface area contributed by atoms with Crippen LogP contribution in [-0.2, 0) is 9.59 Å². The van der Waals surface area contributed by atoms with Gasteiger partial charge in [0, 0.05) is 11.6 Å². The highest BCUT2D eigenvalue weighted by molar-refractivity contribution is 6.03. The van der Waals surface area contributed by atoms with Crippen molar-refractivity contribution in [2.45, 2.75) is 20.3 Å². The van der Waals surface area contributed by atoms with Crippen molar-refractivity contribution in [3.63, 3.8) is 0 Å². The Bertz CT molecular complexity index is 486. The van der Waals surface area contributed by atoms with Crippen LogP contribution in [0, 0.1) is 24.4 Å². The molecule has 6 heteroatoms. The molecule has 1 amide bonds. The second kappa shape index (κ2) is 4.99. The molecule has 0 aromatic heterocycles. The van der Waals surface area contributed by atoms with Crippen molar-refractivity contribution in [3.8, 4) is 0 Å². The molecule has 0 spiro atoms. The van der Waals surface area contributed by atoms with Crippen LogP contribution >= 0.6 is 0 Å². The number of anilines is 1. The third kappa shape index (κ3) is 3.05. The van der Waals surface area contributed by atoms with Crippen LogP contribution in [0.5, 0.6) is 0 Å². The maximum absolute atomic E-state index is 13.3. The Kier molecular flexibility index (Phi) is 3.88. The SMILES string of the molecule is CC(=O)CC(=O)Nc1cc(F)c(C)c(F)c1F. The Morgan fingerprint density at radius 3 is 2.35 bits per heavy atom. The molecule has 92 valence electrons. The van der Waals surface area contributed by atoms with Gasteiger partial charge >= 0.3 is 0 Å². The number of hydrogen-bond acceptors (Lipinski definition) is 2. The minimum Gasteiger partial charge on any atom is -0.323 e. The molecule has 17 heavy (non-hydrogen) atoms. The largest absolute Gasteiger partial charge is 0.323 e. The maximum atomic E-state index is 13.3. The summed E-state index contributed by atoms with van der Waals surface area (Å²) < 4.78 is 39.5. The van der Waals surface area contributed by atoms with Crippen molar-refractivity contribution in [1.29, 1.82) is 0 Å². The Morgan fingerprint density at radius 2 is 1.82 bits per heavy atom. The normalized spacial score (nSPS) is 10.2. The van der Waals surface area contributed by atoms with Crippen LogP contribution in [0.3, 0.4) is 0 Å². The average molecular weight is 245 g/mol. The van der Waals surface area contributed by atoms with Crippen molar-refractivity contribution in [1.82, 2.24) is 0 Å². The first-order chi connectivity index (χ1) is 7.82. The molecular weight excluding hydrogens is 235 g/mol. The minimum atomic E-state index is -1.36. The van der Waals surface area contributed by atoms with Gasteiger partial charge < -0.3 is 5.32 Å². The van der Waals surface area contributed by atoms with Gasteiger partial charge in [-0.1, -0.05) is 0 Å². The highest BCUT2D eigenvalue weighted by atomic mass is 19.2. The lowest BCUT2D eigenvalue weighted by molar-refractivity contribution is -0.124. The van der Waals surface area contributed by atoms with Crippen molar-refractivity contribution in [2.75, 3.05) is 5.32 Å². The van der Waals surface area contributed by atoms with Gasteiger partial charge in [-0.05, 0) is 13.8 Å². The highest BCUT2D eigenvalue weighted by Crippen LogP contribution is 2.23. The van der Waals surface area contributed by atoms with E-state index in [1.807, 2.05) is 5.32 Å². The Hall–Kier alpha value is -1.85. The van der Waals surface area contributed by atoms with Crippen LogP contribution in [0.1, 0.15) is 18.9 Å². The number of amides is 1. The van der Waals surface area contributed by atoms with Crippen LogP contribution in [-0.4, -0.2) is 11.7 Å². The van der Waals surface area contributed by atoms with E-state index in [2.05, 4.69) is 0 Å². The van der Waals surface area contributed by atoms with Gasteiger partial charge in [-0.25, -0.2) is 13.2 Å². The fraction of sp³-hybridized carbons (Fsp3) is 0.273. The summed E-state index contributed by atoms with van der Waals surface area (Å²) >= 11 is 0. The lowest BCUT2D eigenvalue weighted by Crippen LogP contribution is -2.16. The second-order valence-corrected chi connectivity index (χ2v) is 3.59. The third-order valence-electron chi connectivity index (χ3n) is 2.07. The van der Waals surface area contributed by atoms with Gasteiger partial charge in [0.15, 0.2) is 11.6 Å². The molecule has 0 radical (unpaired) electrons. The number of nitrogens with one attached hydrogen (secondary N) is 1. The van der Waals surface area contributed by atoms with E-state index in [1.165, 1.54) is 6.92 Å². The molecule has 0 atom stereocenters. The van der Waals surface area contributed by atoms with Gasteiger partial charge in [0.1, 0.15) is 11.6 Å². The molecule has 0 aliphatic carbocycles. The zero-order valence-electron chi connectivity index (χ0n) is 9.23. The van der Waals surface area contributed by atoms with Crippen LogP contribution in [0.15, 0.2) is 6.07 Å². The van der Waals surface area contributed by atoms with Crippen molar-refractivity contribution in [3.05, 3.63) is 29.1 Å². The maximum Gasteiger partial charge on any atom is 0.231 e. The summed E-state index contributed by atoms with van der Waals surface area (Å²) in [5.74, 6) is -4.93. The van der Waals surface area contributed by atoms with E-state index in [0.717, 1.165) is 6.92 Å². The predicted molar refractivity (Wildman–Crippen MR) is 55.0 cm³/mol. The number of carbonyl (C=O) groups is 2. The molecule has 0 bridgehead atoms. The van der Waals surface area contributed by atoms with E-state index < -0.39 is 46.8 Å². The molecule has 0 heterocycles. The Labute approximate surface area is 95.6 Å². The molecule has 3 nitrogen and oxygen atoms in total. The summed E-state index contributed by atoms with van der Waals surface area (Å²) in [4.78, 5) is 21.8. The number of halogens is 3. The fourth-order valence-corrected chi connectivity index (χ4v) is 1.20. The third-order valence-corrected chi connectivity index (χ3v) is 2.07. The van der Waals surface area contributed by atoms with Crippen LogP contribution in [0.2, 0.25) is 0 Å². The monoisotopic (exact) mass is 245 g/mol. The zero-order valence-corrected chi connectivity index (χ0v) is 9.23. The second-order valence-electron chi connectivity index (χ2n) is 3.59. The van der Waals surface area contributed by atoms with E-state index in [-0.39, 0.29) is 0 Å². The smallest absolute Gasteiger partial charge is 0.231 e. The van der Waals surface area contributed by atoms with Gasteiger partial charge in [0.2, 0.25) is 5.91 Å². The lowest BCUT2D eigenvalue weighted by atomic mass is 10.2. The summed E-state index contributed by atoms with van der Waals surface area (Å²) in [5, 5.41) is 1.94. The zero-order chi connectivity index (χ0) is 13.2. The summed E-state index contributed by atoms with van der Waals surface area (Å²) in [7, 11) is 0. The summed E-state index contributed by atoms with van der Waals surface area (Å²) in [6, 6.07) is 0.672. The lowest BCUT2D eigenvalue weighted by Gasteiger charge is -2.08. The molecule has 0 saturated carbocycles. The molecule has 1 aromatic carbocycles. The highest BCUT2D eigenvalue weighted by Gasteiger charge is 2.17. The van der Waals surface area contributed by atoms with E-state index >= 15 is 0 Å². The molecule has 1 rings (SSSR count). The molecule has 0 unspecified atom stereocenters. The van der Waals surface area contributed by atoms with Gasteiger partial charge in [-0.15, -0.1) is 0 Å². The molecule has 1 N–H and O–H groups in total. The number of hydrogen-bond donors (Lipinski definition) is 1. The van der Waals surface area contributed by atoms with E-state index in [4.69, 9.17) is 0 Å². The number of Topliss-reactive ketones (excluding diaryl/α,β-unsaturated/α-hetero) is 1. The van der Waals surface area contributed by atoms with Crippen LogP contribution < -0.4 is 5.32 Å². The van der Waals surface area contributed by atoms with E-state index in [9.17, 15) is 22.8 Å². The molecular formula is C11H10F3NO2. The van der Waals surface area contributed by atoms with Gasteiger partial charge in [-0.2, -0.15) is 0 Å². The first kappa shape index (κ1) is 13.2. The molecule has 1 aromatic rings. The van der Waals surface area contributed by atoms with Crippen LogP contribution in [0.25, 0.3) is 0 Å². The summed E-state index contributed by atoms with van der Waals surface area (Å²) in [6.45, 7) is 2.25. The quantitative estimate of drug-likeness (QED) is 0.656. The van der Waals surface area contributed by atoms with Gasteiger partial charge in [-0.3, -0.25) is 9.59 Å². The predicted octanol–water partition coefficient (Wildman–Crippen LogP) is 2.33. The Morgan fingerprint density at radius 1 is 1.24 bits per heavy atom. The Balaban J connectivity index is 3.00.